The molecular weight excluding hydrogens is 420 g/mol. The van der Waals surface area contributed by atoms with Gasteiger partial charge in [-0.05, 0) is 37.1 Å². The SMILES string of the molecule is O=C(CN1CCN(C(=O)[C@H]2COc3ccccc3O2)CC1)Nc1ccccc1N1CCCC1. The Labute approximate surface area is 194 Å². The van der Waals surface area contributed by atoms with Crippen molar-refractivity contribution in [3.63, 3.8) is 0 Å². The smallest absolute Gasteiger partial charge is 0.267 e. The molecule has 0 saturated carbocycles. The van der Waals surface area contributed by atoms with Crippen molar-refractivity contribution in [1.82, 2.24) is 9.80 Å². The third kappa shape index (κ3) is 4.90. The molecule has 2 amide bonds. The minimum absolute atomic E-state index is 0.0259. The number of nitrogens with zero attached hydrogens (tertiary/aromatic N) is 3. The second-order valence-electron chi connectivity index (χ2n) is 8.73. The van der Waals surface area contributed by atoms with Crippen molar-refractivity contribution in [1.29, 1.82) is 0 Å². The number of rotatable bonds is 5. The first-order chi connectivity index (χ1) is 16.2. The van der Waals surface area contributed by atoms with Gasteiger partial charge in [-0.1, -0.05) is 24.3 Å². The maximum atomic E-state index is 12.9. The third-order valence-corrected chi connectivity index (χ3v) is 6.46. The van der Waals surface area contributed by atoms with E-state index in [9.17, 15) is 9.59 Å². The highest BCUT2D eigenvalue weighted by molar-refractivity contribution is 5.95. The van der Waals surface area contributed by atoms with Gasteiger partial charge in [0, 0.05) is 39.3 Å². The quantitative estimate of drug-likeness (QED) is 0.753. The van der Waals surface area contributed by atoms with Crippen LogP contribution < -0.4 is 19.7 Å². The number of piperazine rings is 1. The molecule has 0 aliphatic carbocycles. The van der Waals surface area contributed by atoms with E-state index in [1.54, 1.807) is 4.90 Å². The summed E-state index contributed by atoms with van der Waals surface area (Å²) >= 11 is 0. The summed E-state index contributed by atoms with van der Waals surface area (Å²) in [5.74, 6) is 1.19. The Balaban J connectivity index is 1.11. The topological polar surface area (TPSA) is 74.4 Å². The number of hydrogen-bond acceptors (Lipinski definition) is 6. The van der Waals surface area contributed by atoms with Crippen LogP contribution in [0, 0.1) is 0 Å². The average molecular weight is 451 g/mol. The third-order valence-electron chi connectivity index (χ3n) is 6.46. The Hall–Kier alpha value is -3.26. The number of nitrogens with one attached hydrogen (secondary N) is 1. The van der Waals surface area contributed by atoms with E-state index in [-0.39, 0.29) is 18.4 Å². The molecule has 2 aromatic rings. The molecule has 2 fully saturated rings. The van der Waals surface area contributed by atoms with Gasteiger partial charge in [-0.15, -0.1) is 0 Å². The van der Waals surface area contributed by atoms with Crippen molar-refractivity contribution < 1.29 is 19.1 Å². The number of ether oxygens (including phenoxy) is 2. The maximum Gasteiger partial charge on any atom is 0.267 e. The molecule has 2 aromatic carbocycles. The summed E-state index contributed by atoms with van der Waals surface area (Å²) in [6.07, 6.45) is 1.75. The molecule has 0 unspecified atom stereocenters. The molecule has 1 N–H and O–H groups in total. The molecule has 33 heavy (non-hydrogen) atoms. The molecule has 0 bridgehead atoms. The molecule has 3 aliphatic rings. The van der Waals surface area contributed by atoms with Crippen molar-refractivity contribution in [3.8, 4) is 11.5 Å². The van der Waals surface area contributed by atoms with Gasteiger partial charge in [-0.25, -0.2) is 0 Å². The number of benzene rings is 2. The first kappa shape index (κ1) is 21.6. The highest BCUT2D eigenvalue weighted by Crippen LogP contribution is 2.31. The summed E-state index contributed by atoms with van der Waals surface area (Å²) in [7, 11) is 0. The van der Waals surface area contributed by atoms with Crippen molar-refractivity contribution >= 4 is 23.2 Å². The number of hydrogen-bond donors (Lipinski definition) is 1. The monoisotopic (exact) mass is 450 g/mol. The minimum Gasteiger partial charge on any atom is -0.485 e. The normalized spacial score (nSPS) is 20.5. The number of amides is 2. The molecule has 174 valence electrons. The average Bonchev–Trinajstić information content (AvgIpc) is 3.39. The Morgan fingerprint density at radius 1 is 0.879 bits per heavy atom. The van der Waals surface area contributed by atoms with Gasteiger partial charge in [0.05, 0.1) is 17.9 Å². The Kier molecular flexibility index (Phi) is 6.35. The lowest BCUT2D eigenvalue weighted by molar-refractivity contribution is -0.143. The van der Waals surface area contributed by atoms with Gasteiger partial charge >= 0.3 is 0 Å². The molecule has 8 heteroatoms. The van der Waals surface area contributed by atoms with E-state index in [2.05, 4.69) is 21.2 Å². The van der Waals surface area contributed by atoms with Crippen LogP contribution >= 0.6 is 0 Å². The number of anilines is 2. The van der Waals surface area contributed by atoms with Gasteiger partial charge in [0.1, 0.15) is 6.61 Å². The van der Waals surface area contributed by atoms with Crippen LogP contribution in [-0.4, -0.2) is 80.1 Å². The number of fused-ring (bicyclic) bond motifs is 1. The fourth-order valence-corrected chi connectivity index (χ4v) is 4.68. The van der Waals surface area contributed by atoms with E-state index in [1.165, 1.54) is 12.8 Å². The lowest BCUT2D eigenvalue weighted by Crippen LogP contribution is -2.54. The number of carbonyl (C=O) groups excluding carboxylic acids is 2. The summed E-state index contributed by atoms with van der Waals surface area (Å²) in [4.78, 5) is 31.9. The number of para-hydroxylation sites is 4. The molecule has 3 heterocycles. The fraction of sp³-hybridized carbons (Fsp3) is 0.440. The van der Waals surface area contributed by atoms with Gasteiger partial charge in [-0.3, -0.25) is 14.5 Å². The Morgan fingerprint density at radius 3 is 2.36 bits per heavy atom. The Bertz CT molecular complexity index is 999. The summed E-state index contributed by atoms with van der Waals surface area (Å²) in [6, 6.07) is 15.4. The van der Waals surface area contributed by atoms with E-state index in [0.29, 0.717) is 44.2 Å². The summed E-state index contributed by atoms with van der Waals surface area (Å²) < 4.78 is 11.5. The molecule has 8 nitrogen and oxygen atoms in total. The maximum absolute atomic E-state index is 12.9. The van der Waals surface area contributed by atoms with Crippen molar-refractivity contribution in [2.75, 3.05) is 62.6 Å². The van der Waals surface area contributed by atoms with Gasteiger partial charge in [0.25, 0.3) is 5.91 Å². The zero-order valence-corrected chi connectivity index (χ0v) is 18.7. The van der Waals surface area contributed by atoms with E-state index in [0.717, 1.165) is 24.5 Å². The molecule has 3 aliphatic heterocycles. The van der Waals surface area contributed by atoms with Gasteiger partial charge < -0.3 is 24.6 Å². The molecule has 1 atom stereocenters. The second-order valence-corrected chi connectivity index (χ2v) is 8.73. The van der Waals surface area contributed by atoms with Crippen molar-refractivity contribution in [2.24, 2.45) is 0 Å². The largest absolute Gasteiger partial charge is 0.485 e. The number of carbonyl (C=O) groups is 2. The first-order valence-electron chi connectivity index (χ1n) is 11.7. The summed E-state index contributed by atoms with van der Waals surface area (Å²) in [5.41, 5.74) is 1.96. The van der Waals surface area contributed by atoms with E-state index < -0.39 is 6.10 Å². The van der Waals surface area contributed by atoms with Gasteiger partial charge in [0.2, 0.25) is 12.0 Å². The molecule has 0 radical (unpaired) electrons. The molecule has 5 rings (SSSR count). The molecule has 0 aromatic heterocycles. The summed E-state index contributed by atoms with van der Waals surface area (Å²) in [5, 5.41) is 3.09. The van der Waals surface area contributed by atoms with E-state index >= 15 is 0 Å². The van der Waals surface area contributed by atoms with Crippen molar-refractivity contribution in [2.45, 2.75) is 18.9 Å². The van der Waals surface area contributed by atoms with Crippen LogP contribution in [0.1, 0.15) is 12.8 Å². The summed E-state index contributed by atoms with van der Waals surface area (Å²) in [6.45, 7) is 5.03. The van der Waals surface area contributed by atoms with Gasteiger partial charge in [-0.2, -0.15) is 0 Å². The standard InChI is InChI=1S/C25H30N4O4/c30-24(26-19-7-1-2-8-20(19)28-11-5-6-12-28)17-27-13-15-29(16-14-27)25(31)23-18-32-21-9-3-4-10-22(21)33-23/h1-4,7-10,23H,5-6,11-18H2,(H,26,30)/t23-/m1/s1. The molecule has 2 saturated heterocycles. The van der Waals surface area contributed by atoms with Crippen LogP contribution in [0.2, 0.25) is 0 Å². The zero-order chi connectivity index (χ0) is 22.6. The van der Waals surface area contributed by atoms with Crippen LogP contribution in [0.5, 0.6) is 11.5 Å². The fourth-order valence-electron chi connectivity index (χ4n) is 4.68. The van der Waals surface area contributed by atoms with Crippen LogP contribution in [0.3, 0.4) is 0 Å². The Morgan fingerprint density at radius 2 is 1.58 bits per heavy atom. The predicted octanol–water partition coefficient (Wildman–Crippen LogP) is 2.21. The van der Waals surface area contributed by atoms with Crippen LogP contribution in [-0.2, 0) is 9.59 Å². The zero-order valence-electron chi connectivity index (χ0n) is 18.7. The first-order valence-corrected chi connectivity index (χ1v) is 11.7. The molecular formula is C25H30N4O4. The lowest BCUT2D eigenvalue weighted by Gasteiger charge is -2.36. The van der Waals surface area contributed by atoms with E-state index in [1.807, 2.05) is 42.5 Å². The van der Waals surface area contributed by atoms with Crippen LogP contribution in [0.15, 0.2) is 48.5 Å². The van der Waals surface area contributed by atoms with Crippen LogP contribution in [0.25, 0.3) is 0 Å². The van der Waals surface area contributed by atoms with E-state index in [4.69, 9.17) is 9.47 Å². The highest BCUT2D eigenvalue weighted by Gasteiger charge is 2.33. The highest BCUT2D eigenvalue weighted by atomic mass is 16.6. The lowest BCUT2D eigenvalue weighted by atomic mass is 10.2. The molecule has 0 spiro atoms. The predicted molar refractivity (Wildman–Crippen MR) is 126 cm³/mol. The second kappa shape index (κ2) is 9.70. The van der Waals surface area contributed by atoms with Gasteiger partial charge in [0.15, 0.2) is 11.5 Å². The minimum atomic E-state index is -0.628. The van der Waals surface area contributed by atoms with Crippen LogP contribution in [0.4, 0.5) is 11.4 Å². The van der Waals surface area contributed by atoms with Crippen molar-refractivity contribution in [3.05, 3.63) is 48.5 Å².